The number of carbonyl (C=O) groups is 2. The number of nitrogens with zero attached hydrogens (tertiary/aromatic N) is 1. The molecule has 6 heteroatoms. The third kappa shape index (κ3) is 4.53. The number of aromatic nitrogens is 1. The minimum Gasteiger partial charge on any atom is -0.455 e. The molecule has 0 unspecified atom stereocenters. The zero-order valence-corrected chi connectivity index (χ0v) is 22.3. The number of benzene rings is 3. The SMILES string of the molecule is CCC(=O)c1c(-c2ccc(F)cc2)oc2ccc(-c3cc(C(=O)CC4(c5ccccn5)CC4)cc(F)c3C)cc12. The second kappa shape index (κ2) is 9.94. The van der Waals surface area contributed by atoms with Crippen LogP contribution in [0.25, 0.3) is 33.4 Å². The molecule has 3 aromatic carbocycles. The van der Waals surface area contributed by atoms with E-state index in [-0.39, 0.29) is 35.6 Å². The first-order valence-corrected chi connectivity index (χ1v) is 13.4. The van der Waals surface area contributed by atoms with Gasteiger partial charge in [0.25, 0.3) is 0 Å². The van der Waals surface area contributed by atoms with Crippen molar-refractivity contribution in [1.29, 1.82) is 0 Å². The molecule has 1 saturated carbocycles. The van der Waals surface area contributed by atoms with Crippen LogP contribution in [-0.4, -0.2) is 16.6 Å². The number of rotatable bonds is 8. The molecule has 1 aliphatic carbocycles. The minimum atomic E-state index is -0.465. The molecular weight excluding hydrogens is 508 g/mol. The van der Waals surface area contributed by atoms with Crippen LogP contribution in [0.4, 0.5) is 8.78 Å². The second-order valence-corrected chi connectivity index (χ2v) is 10.5. The first-order chi connectivity index (χ1) is 19.3. The zero-order chi connectivity index (χ0) is 28.0. The lowest BCUT2D eigenvalue weighted by molar-refractivity contribution is 0.0966. The van der Waals surface area contributed by atoms with Crippen molar-refractivity contribution in [2.45, 2.75) is 44.9 Å². The van der Waals surface area contributed by atoms with E-state index in [1.807, 2.05) is 18.2 Å². The van der Waals surface area contributed by atoms with Crippen LogP contribution in [0, 0.1) is 18.6 Å². The van der Waals surface area contributed by atoms with Gasteiger partial charge in [-0.3, -0.25) is 14.6 Å². The van der Waals surface area contributed by atoms with Crippen molar-refractivity contribution in [3.8, 4) is 22.5 Å². The van der Waals surface area contributed by atoms with Gasteiger partial charge in [-0.15, -0.1) is 0 Å². The monoisotopic (exact) mass is 535 g/mol. The minimum absolute atomic E-state index is 0.119. The summed E-state index contributed by atoms with van der Waals surface area (Å²) in [6.45, 7) is 3.45. The van der Waals surface area contributed by atoms with Gasteiger partial charge >= 0.3 is 0 Å². The molecule has 0 amide bonds. The number of ketones is 2. The molecule has 1 fully saturated rings. The van der Waals surface area contributed by atoms with Crippen molar-refractivity contribution >= 4 is 22.5 Å². The molecule has 40 heavy (non-hydrogen) atoms. The summed E-state index contributed by atoms with van der Waals surface area (Å²) in [5.41, 5.74) is 4.06. The Bertz CT molecular complexity index is 1770. The fourth-order valence-corrected chi connectivity index (χ4v) is 5.42. The van der Waals surface area contributed by atoms with Gasteiger partial charge in [0.1, 0.15) is 23.0 Å². The van der Waals surface area contributed by atoms with E-state index in [9.17, 15) is 14.0 Å². The van der Waals surface area contributed by atoms with E-state index >= 15 is 4.39 Å². The maximum Gasteiger partial charge on any atom is 0.167 e. The Morgan fingerprint density at radius 2 is 1.68 bits per heavy atom. The molecule has 0 aliphatic heterocycles. The van der Waals surface area contributed by atoms with Crippen molar-refractivity contribution in [1.82, 2.24) is 4.98 Å². The smallest absolute Gasteiger partial charge is 0.167 e. The molecule has 6 rings (SSSR count). The van der Waals surface area contributed by atoms with E-state index in [1.54, 1.807) is 56.4 Å². The zero-order valence-electron chi connectivity index (χ0n) is 22.3. The summed E-state index contributed by atoms with van der Waals surface area (Å²) in [6, 6.07) is 19.9. The fraction of sp³-hybridized carbons (Fsp3) is 0.206. The Morgan fingerprint density at radius 1 is 0.925 bits per heavy atom. The topological polar surface area (TPSA) is 60.2 Å². The van der Waals surface area contributed by atoms with Crippen LogP contribution in [0.2, 0.25) is 0 Å². The average Bonchev–Trinajstić information content (AvgIpc) is 3.66. The number of fused-ring (bicyclic) bond motifs is 1. The van der Waals surface area contributed by atoms with Gasteiger partial charge in [-0.2, -0.15) is 0 Å². The molecule has 0 N–H and O–H groups in total. The number of hydrogen-bond acceptors (Lipinski definition) is 4. The van der Waals surface area contributed by atoms with Gasteiger partial charge in [-0.25, -0.2) is 8.78 Å². The van der Waals surface area contributed by atoms with Crippen LogP contribution in [0.5, 0.6) is 0 Å². The van der Waals surface area contributed by atoms with E-state index in [0.29, 0.717) is 50.1 Å². The van der Waals surface area contributed by atoms with E-state index in [2.05, 4.69) is 4.98 Å². The highest BCUT2D eigenvalue weighted by Gasteiger charge is 2.47. The summed E-state index contributed by atoms with van der Waals surface area (Å²) < 4.78 is 34.9. The molecule has 0 spiro atoms. The van der Waals surface area contributed by atoms with Crippen molar-refractivity contribution in [2.24, 2.45) is 0 Å². The predicted octanol–water partition coefficient (Wildman–Crippen LogP) is 8.65. The first kappa shape index (κ1) is 25.8. The Balaban J connectivity index is 1.42. The Labute approximate surface area is 230 Å². The molecule has 0 saturated heterocycles. The summed E-state index contributed by atoms with van der Waals surface area (Å²) in [5, 5.41) is 0.590. The van der Waals surface area contributed by atoms with Gasteiger partial charge in [0.15, 0.2) is 11.6 Å². The lowest BCUT2D eigenvalue weighted by Crippen LogP contribution is -2.15. The van der Waals surface area contributed by atoms with Crippen LogP contribution in [0.1, 0.15) is 64.6 Å². The van der Waals surface area contributed by atoms with Crippen LogP contribution in [0.15, 0.2) is 83.4 Å². The van der Waals surface area contributed by atoms with Gasteiger partial charge in [0.05, 0.1) is 5.56 Å². The third-order valence-corrected chi connectivity index (χ3v) is 7.93. The predicted molar refractivity (Wildman–Crippen MR) is 150 cm³/mol. The van der Waals surface area contributed by atoms with Gasteiger partial charge in [-0.05, 0) is 97.1 Å². The number of Topliss-reactive ketones (excluding diaryl/α,β-unsaturated/α-hetero) is 2. The fourth-order valence-electron chi connectivity index (χ4n) is 5.42. The molecule has 5 aromatic rings. The van der Waals surface area contributed by atoms with E-state index in [1.165, 1.54) is 18.2 Å². The van der Waals surface area contributed by atoms with Gasteiger partial charge < -0.3 is 4.42 Å². The van der Waals surface area contributed by atoms with Crippen LogP contribution < -0.4 is 0 Å². The second-order valence-electron chi connectivity index (χ2n) is 10.5. The van der Waals surface area contributed by atoms with E-state index < -0.39 is 5.82 Å². The van der Waals surface area contributed by atoms with E-state index in [4.69, 9.17) is 4.42 Å². The molecular formula is C34H27F2NO3. The van der Waals surface area contributed by atoms with Crippen molar-refractivity contribution < 1.29 is 22.8 Å². The highest BCUT2D eigenvalue weighted by molar-refractivity contribution is 6.12. The summed E-state index contributed by atoms with van der Waals surface area (Å²) >= 11 is 0. The Morgan fingerprint density at radius 3 is 2.35 bits per heavy atom. The molecule has 0 atom stereocenters. The Hall–Kier alpha value is -4.45. The molecule has 200 valence electrons. The average molecular weight is 536 g/mol. The summed E-state index contributed by atoms with van der Waals surface area (Å²) in [5.74, 6) is -0.729. The third-order valence-electron chi connectivity index (χ3n) is 7.93. The van der Waals surface area contributed by atoms with Crippen LogP contribution in [-0.2, 0) is 5.41 Å². The number of pyridine rings is 1. The largest absolute Gasteiger partial charge is 0.455 e. The highest BCUT2D eigenvalue weighted by atomic mass is 19.1. The Kier molecular flexibility index (Phi) is 6.41. The van der Waals surface area contributed by atoms with Gasteiger partial charge in [0.2, 0.25) is 0 Å². The summed E-state index contributed by atoms with van der Waals surface area (Å²) in [7, 11) is 0. The van der Waals surface area contributed by atoms with Crippen LogP contribution in [0.3, 0.4) is 0 Å². The molecule has 4 nitrogen and oxygen atoms in total. The molecule has 1 aliphatic rings. The summed E-state index contributed by atoms with van der Waals surface area (Å²) in [4.78, 5) is 31.0. The quantitative estimate of drug-likeness (QED) is 0.187. The number of halogens is 2. The van der Waals surface area contributed by atoms with Crippen molar-refractivity contribution in [2.75, 3.05) is 0 Å². The molecule has 0 radical (unpaired) electrons. The number of hydrogen-bond donors (Lipinski definition) is 0. The molecule has 2 aromatic heterocycles. The van der Waals surface area contributed by atoms with Gasteiger partial charge in [0, 0.05) is 46.7 Å². The summed E-state index contributed by atoms with van der Waals surface area (Å²) in [6.07, 6.45) is 4.00. The molecule has 2 heterocycles. The lowest BCUT2D eigenvalue weighted by Gasteiger charge is -2.15. The lowest BCUT2D eigenvalue weighted by atomic mass is 9.89. The van der Waals surface area contributed by atoms with Gasteiger partial charge in [-0.1, -0.05) is 19.1 Å². The van der Waals surface area contributed by atoms with Crippen LogP contribution >= 0.6 is 0 Å². The maximum absolute atomic E-state index is 15.2. The number of carbonyl (C=O) groups excluding carboxylic acids is 2. The van der Waals surface area contributed by atoms with E-state index in [0.717, 1.165) is 18.5 Å². The number of furan rings is 1. The standard InChI is InChI=1S/C34H27F2NO3/c1-3-28(38)32-26-16-22(9-12-30(26)40-33(32)21-7-10-24(35)11-8-21)25-17-23(18-27(36)20(25)2)29(39)19-34(13-14-34)31-6-4-5-15-37-31/h4-12,15-18H,3,13-14,19H2,1-2H3. The first-order valence-electron chi connectivity index (χ1n) is 13.4. The van der Waals surface area contributed by atoms with Crippen molar-refractivity contribution in [3.05, 3.63) is 113 Å². The van der Waals surface area contributed by atoms with Crippen molar-refractivity contribution in [3.63, 3.8) is 0 Å². The normalized spacial score (nSPS) is 13.9. The molecule has 0 bridgehead atoms. The highest BCUT2D eigenvalue weighted by Crippen LogP contribution is 2.51. The maximum atomic E-state index is 15.2.